The van der Waals surface area contributed by atoms with Crippen LogP contribution in [-0.2, 0) is 0 Å². The van der Waals surface area contributed by atoms with Gasteiger partial charge in [-0.15, -0.1) is 0 Å². The fourth-order valence-corrected chi connectivity index (χ4v) is 2.34. The number of methoxy groups -OCH3 is 2. The highest BCUT2D eigenvalue weighted by atomic mass is 35.5. The highest BCUT2D eigenvalue weighted by Gasteiger charge is 2.15. The lowest BCUT2D eigenvalue weighted by atomic mass is 9.99. The molecule has 0 unspecified atom stereocenters. The molecule has 2 aromatic carbocycles. The Labute approximate surface area is 127 Å². The van der Waals surface area contributed by atoms with Gasteiger partial charge < -0.3 is 9.47 Å². The smallest absolute Gasteiger partial charge is 0.161 e. The van der Waals surface area contributed by atoms with Crippen LogP contribution in [0.2, 0.25) is 10.0 Å². The van der Waals surface area contributed by atoms with Crippen molar-refractivity contribution in [1.29, 1.82) is 0 Å². The van der Waals surface area contributed by atoms with Gasteiger partial charge in [0.2, 0.25) is 0 Å². The van der Waals surface area contributed by atoms with Crippen LogP contribution in [0.3, 0.4) is 0 Å². The summed E-state index contributed by atoms with van der Waals surface area (Å²) in [6.07, 6.45) is 0.745. The van der Waals surface area contributed by atoms with Gasteiger partial charge >= 0.3 is 0 Å². The van der Waals surface area contributed by atoms with Gasteiger partial charge in [0.25, 0.3) is 0 Å². The molecule has 0 amide bonds. The van der Waals surface area contributed by atoms with Crippen LogP contribution in [0.1, 0.15) is 10.4 Å². The number of hydrogen-bond acceptors (Lipinski definition) is 3. The summed E-state index contributed by atoms with van der Waals surface area (Å²) in [7, 11) is 3.04. The predicted molar refractivity (Wildman–Crippen MR) is 80.4 cm³/mol. The Balaban J connectivity index is 2.72. The summed E-state index contributed by atoms with van der Waals surface area (Å²) in [6, 6.07) is 8.57. The molecule has 0 saturated heterocycles. The van der Waals surface area contributed by atoms with E-state index in [9.17, 15) is 4.79 Å². The highest BCUT2D eigenvalue weighted by molar-refractivity contribution is 6.43. The summed E-state index contributed by atoms with van der Waals surface area (Å²) in [5.41, 5.74) is 1.76. The minimum atomic E-state index is 0.393. The molecule has 0 saturated carbocycles. The zero-order valence-corrected chi connectivity index (χ0v) is 12.5. The molecule has 0 aliphatic carbocycles. The summed E-state index contributed by atoms with van der Waals surface area (Å²) in [6.45, 7) is 0. The molecule has 0 aromatic heterocycles. The van der Waals surface area contributed by atoms with E-state index < -0.39 is 0 Å². The van der Waals surface area contributed by atoms with E-state index in [4.69, 9.17) is 32.7 Å². The summed E-state index contributed by atoms with van der Waals surface area (Å²) in [5, 5.41) is 0.820. The average Bonchev–Trinajstić information content (AvgIpc) is 2.48. The van der Waals surface area contributed by atoms with Crippen LogP contribution in [0.15, 0.2) is 30.3 Å². The van der Waals surface area contributed by atoms with Gasteiger partial charge in [-0.25, -0.2) is 0 Å². The van der Waals surface area contributed by atoms with Crippen molar-refractivity contribution < 1.29 is 14.3 Å². The molecule has 0 fully saturated rings. The van der Waals surface area contributed by atoms with Crippen LogP contribution in [0, 0.1) is 0 Å². The first kappa shape index (κ1) is 14.7. The monoisotopic (exact) mass is 310 g/mol. The van der Waals surface area contributed by atoms with Gasteiger partial charge in [0.1, 0.15) is 0 Å². The van der Waals surface area contributed by atoms with E-state index in [1.54, 1.807) is 30.3 Å². The van der Waals surface area contributed by atoms with E-state index in [-0.39, 0.29) is 0 Å². The predicted octanol–water partition coefficient (Wildman–Crippen LogP) is 4.49. The zero-order chi connectivity index (χ0) is 14.7. The Morgan fingerprint density at radius 3 is 2.25 bits per heavy atom. The lowest BCUT2D eigenvalue weighted by molar-refractivity contribution is 0.112. The molecule has 5 heteroatoms. The first-order valence-electron chi connectivity index (χ1n) is 5.78. The highest BCUT2D eigenvalue weighted by Crippen LogP contribution is 2.39. The van der Waals surface area contributed by atoms with Gasteiger partial charge in [-0.2, -0.15) is 0 Å². The summed E-state index contributed by atoms with van der Waals surface area (Å²) >= 11 is 12.2. The van der Waals surface area contributed by atoms with Gasteiger partial charge in [-0.1, -0.05) is 35.3 Å². The van der Waals surface area contributed by atoms with E-state index >= 15 is 0 Å². The number of hydrogen-bond donors (Lipinski definition) is 0. The third kappa shape index (κ3) is 2.60. The molecule has 3 nitrogen and oxygen atoms in total. The van der Waals surface area contributed by atoms with E-state index in [1.807, 2.05) is 0 Å². The lowest BCUT2D eigenvalue weighted by Gasteiger charge is -2.13. The normalized spacial score (nSPS) is 10.2. The third-order valence-corrected chi connectivity index (χ3v) is 3.74. The number of benzene rings is 2. The molecule has 0 heterocycles. The maximum Gasteiger partial charge on any atom is 0.161 e. The maximum absolute atomic E-state index is 11.3. The molecule has 0 bridgehead atoms. The Hall–Kier alpha value is -1.71. The largest absolute Gasteiger partial charge is 0.493 e. The van der Waals surface area contributed by atoms with Crippen molar-refractivity contribution in [1.82, 2.24) is 0 Å². The molecule has 2 rings (SSSR count). The van der Waals surface area contributed by atoms with Gasteiger partial charge in [0.15, 0.2) is 17.8 Å². The van der Waals surface area contributed by atoms with Crippen LogP contribution in [-0.4, -0.2) is 20.5 Å². The van der Waals surface area contributed by atoms with E-state index in [2.05, 4.69) is 0 Å². The average molecular weight is 311 g/mol. The van der Waals surface area contributed by atoms with Gasteiger partial charge in [-0.05, 0) is 23.8 Å². The minimum absolute atomic E-state index is 0.393. The molecule has 0 aliphatic rings. The molecular formula is C15H12Cl2O3. The summed E-state index contributed by atoms with van der Waals surface area (Å²) < 4.78 is 10.4. The maximum atomic E-state index is 11.3. The molecule has 0 radical (unpaired) electrons. The van der Waals surface area contributed by atoms with E-state index in [0.717, 1.165) is 6.29 Å². The first-order chi connectivity index (χ1) is 9.62. The number of rotatable bonds is 4. The zero-order valence-electron chi connectivity index (χ0n) is 10.9. The Morgan fingerprint density at radius 2 is 1.65 bits per heavy atom. The number of aldehydes is 1. The van der Waals surface area contributed by atoms with E-state index in [0.29, 0.717) is 38.2 Å². The van der Waals surface area contributed by atoms with Crippen LogP contribution in [0.4, 0.5) is 0 Å². The molecule has 0 spiro atoms. The van der Waals surface area contributed by atoms with Gasteiger partial charge in [-0.3, -0.25) is 4.79 Å². The minimum Gasteiger partial charge on any atom is -0.493 e. The van der Waals surface area contributed by atoms with Crippen molar-refractivity contribution in [2.24, 2.45) is 0 Å². The van der Waals surface area contributed by atoms with Crippen LogP contribution in [0.5, 0.6) is 11.5 Å². The van der Waals surface area contributed by atoms with Crippen LogP contribution >= 0.6 is 23.2 Å². The van der Waals surface area contributed by atoms with Gasteiger partial charge in [0, 0.05) is 11.1 Å². The number of ether oxygens (including phenoxy) is 2. The second-order valence-electron chi connectivity index (χ2n) is 4.01. The molecule has 0 aliphatic heterocycles. The van der Waals surface area contributed by atoms with Crippen molar-refractivity contribution >= 4 is 29.5 Å². The number of carbonyl (C=O) groups excluding carboxylic acids is 1. The van der Waals surface area contributed by atoms with Crippen molar-refractivity contribution in [3.05, 3.63) is 45.9 Å². The SMILES string of the molecule is COc1cc(C=O)c(-c2cccc(Cl)c2Cl)cc1OC. The Morgan fingerprint density at radius 1 is 1.00 bits per heavy atom. The molecular weight excluding hydrogens is 299 g/mol. The summed E-state index contributed by atoms with van der Waals surface area (Å²) in [5.74, 6) is 1.00. The van der Waals surface area contributed by atoms with Crippen molar-refractivity contribution in [3.8, 4) is 22.6 Å². The van der Waals surface area contributed by atoms with Crippen LogP contribution in [0.25, 0.3) is 11.1 Å². The fourth-order valence-electron chi connectivity index (χ4n) is 1.94. The second kappa shape index (κ2) is 6.16. The van der Waals surface area contributed by atoms with Crippen molar-refractivity contribution in [2.45, 2.75) is 0 Å². The third-order valence-electron chi connectivity index (χ3n) is 2.92. The Kier molecular flexibility index (Phi) is 4.53. The first-order valence-corrected chi connectivity index (χ1v) is 6.53. The topological polar surface area (TPSA) is 35.5 Å². The lowest BCUT2D eigenvalue weighted by Crippen LogP contribution is -1.96. The number of carbonyl (C=O) groups is 1. The second-order valence-corrected chi connectivity index (χ2v) is 4.80. The molecule has 2 aromatic rings. The summed E-state index contributed by atoms with van der Waals surface area (Å²) in [4.78, 5) is 11.3. The van der Waals surface area contributed by atoms with Gasteiger partial charge in [0.05, 0.1) is 24.3 Å². The van der Waals surface area contributed by atoms with Crippen molar-refractivity contribution in [3.63, 3.8) is 0 Å². The fraction of sp³-hybridized carbons (Fsp3) is 0.133. The Bertz CT molecular complexity index is 654. The molecule has 0 N–H and O–H groups in total. The van der Waals surface area contributed by atoms with E-state index in [1.165, 1.54) is 14.2 Å². The number of halogens is 2. The molecule has 20 heavy (non-hydrogen) atoms. The quantitative estimate of drug-likeness (QED) is 0.780. The van der Waals surface area contributed by atoms with Crippen LogP contribution < -0.4 is 9.47 Å². The molecule has 104 valence electrons. The molecule has 0 atom stereocenters. The standard InChI is InChI=1S/C15H12Cl2O3/c1-19-13-6-9(8-18)11(7-14(13)20-2)10-4-3-5-12(16)15(10)17/h3-8H,1-2H3. The van der Waals surface area contributed by atoms with Crippen molar-refractivity contribution in [2.75, 3.05) is 14.2 Å².